The number of benzene rings is 2. The van der Waals surface area contributed by atoms with Crippen molar-refractivity contribution < 1.29 is 13.2 Å². The van der Waals surface area contributed by atoms with E-state index in [0.29, 0.717) is 18.6 Å². The summed E-state index contributed by atoms with van der Waals surface area (Å²) in [5.74, 6) is -0.0890. The summed E-state index contributed by atoms with van der Waals surface area (Å²) in [6.45, 7) is 12.3. The van der Waals surface area contributed by atoms with Crippen molar-refractivity contribution in [1.82, 2.24) is 9.29 Å². The highest BCUT2D eigenvalue weighted by atomic mass is 32.2. The molecule has 0 radical (unpaired) electrons. The highest BCUT2D eigenvalue weighted by Crippen LogP contribution is 2.29. The summed E-state index contributed by atoms with van der Waals surface area (Å²) >= 11 is 1.38. The molecule has 3 rings (SSSR count). The molecule has 0 spiro atoms. The summed E-state index contributed by atoms with van der Waals surface area (Å²) in [5, 5.41) is 4.18. The molecule has 0 fully saturated rings. The van der Waals surface area contributed by atoms with Crippen LogP contribution in [0.25, 0.3) is 10.9 Å². The van der Waals surface area contributed by atoms with Gasteiger partial charge in [0.2, 0.25) is 15.9 Å². The van der Waals surface area contributed by atoms with Crippen molar-refractivity contribution in [3.63, 3.8) is 0 Å². The summed E-state index contributed by atoms with van der Waals surface area (Å²) in [5.41, 5.74) is 4.54. The zero-order chi connectivity index (χ0) is 24.3. The molecule has 0 saturated heterocycles. The van der Waals surface area contributed by atoms with Crippen LogP contribution in [-0.4, -0.2) is 42.0 Å². The standard InChI is InChI=1S/C25H31N3O3S2/c1-7-28(8-2)33(30,31)20-11-12-22-21(15-20)18(5)14-24(26-22)32-19(6)25(29)27-23-13-16(3)9-10-17(23)4/h9-15,19H,7-8H2,1-6H3,(H,27,29)/t19-/m1/s1. The Hall–Kier alpha value is -2.42. The summed E-state index contributed by atoms with van der Waals surface area (Å²) in [6.07, 6.45) is 0. The van der Waals surface area contributed by atoms with Gasteiger partial charge in [-0.3, -0.25) is 4.79 Å². The lowest BCUT2D eigenvalue weighted by Gasteiger charge is -2.19. The zero-order valence-electron chi connectivity index (χ0n) is 20.0. The van der Waals surface area contributed by atoms with Crippen LogP contribution in [0.1, 0.15) is 37.5 Å². The van der Waals surface area contributed by atoms with Crippen molar-refractivity contribution >= 4 is 44.3 Å². The zero-order valence-corrected chi connectivity index (χ0v) is 21.6. The Balaban J connectivity index is 1.83. The van der Waals surface area contributed by atoms with E-state index < -0.39 is 10.0 Å². The lowest BCUT2D eigenvalue weighted by atomic mass is 10.1. The van der Waals surface area contributed by atoms with Crippen LogP contribution >= 0.6 is 11.8 Å². The van der Waals surface area contributed by atoms with Gasteiger partial charge >= 0.3 is 0 Å². The maximum Gasteiger partial charge on any atom is 0.243 e. The predicted octanol–water partition coefficient (Wildman–Crippen LogP) is 5.31. The number of pyridine rings is 1. The topological polar surface area (TPSA) is 79.4 Å². The fourth-order valence-corrected chi connectivity index (χ4v) is 6.02. The number of hydrogen-bond acceptors (Lipinski definition) is 5. The van der Waals surface area contributed by atoms with Crippen LogP contribution in [0, 0.1) is 20.8 Å². The number of carbonyl (C=O) groups is 1. The summed E-state index contributed by atoms with van der Waals surface area (Å²) in [4.78, 5) is 17.7. The van der Waals surface area contributed by atoms with Crippen LogP contribution < -0.4 is 5.32 Å². The molecule has 1 N–H and O–H groups in total. The van der Waals surface area contributed by atoms with E-state index in [4.69, 9.17) is 0 Å². The van der Waals surface area contributed by atoms with E-state index in [-0.39, 0.29) is 16.1 Å². The Morgan fingerprint density at radius 1 is 1.03 bits per heavy atom. The van der Waals surface area contributed by atoms with E-state index in [9.17, 15) is 13.2 Å². The van der Waals surface area contributed by atoms with Crippen molar-refractivity contribution in [2.24, 2.45) is 0 Å². The van der Waals surface area contributed by atoms with Gasteiger partial charge in [-0.15, -0.1) is 0 Å². The average molecular weight is 486 g/mol. The molecule has 6 nitrogen and oxygen atoms in total. The monoisotopic (exact) mass is 485 g/mol. The van der Waals surface area contributed by atoms with Gasteiger partial charge < -0.3 is 5.32 Å². The number of carbonyl (C=O) groups excluding carboxylic acids is 1. The molecule has 0 aliphatic carbocycles. The van der Waals surface area contributed by atoms with Crippen molar-refractivity contribution in [3.8, 4) is 0 Å². The quantitative estimate of drug-likeness (QED) is 0.438. The Morgan fingerprint density at radius 2 is 1.73 bits per heavy atom. The van der Waals surface area contributed by atoms with Crippen molar-refractivity contribution in [2.45, 2.75) is 56.7 Å². The molecule has 1 aromatic heterocycles. The third kappa shape index (κ3) is 5.57. The second-order valence-corrected chi connectivity index (χ2v) is 11.4. The lowest BCUT2D eigenvalue weighted by molar-refractivity contribution is -0.115. The van der Waals surface area contributed by atoms with Gasteiger partial charge in [-0.25, -0.2) is 13.4 Å². The number of nitrogens with one attached hydrogen (secondary N) is 1. The molecule has 8 heteroatoms. The maximum absolute atomic E-state index is 12.9. The number of aromatic nitrogens is 1. The second kappa shape index (κ2) is 10.2. The van der Waals surface area contributed by atoms with E-state index in [1.165, 1.54) is 16.1 Å². The van der Waals surface area contributed by atoms with Gasteiger partial charge in [0.05, 0.1) is 20.7 Å². The smallest absolute Gasteiger partial charge is 0.243 e. The van der Waals surface area contributed by atoms with Crippen LogP contribution in [0.3, 0.4) is 0 Å². The maximum atomic E-state index is 12.9. The van der Waals surface area contributed by atoms with Crippen LogP contribution in [-0.2, 0) is 14.8 Å². The normalized spacial score (nSPS) is 12.8. The van der Waals surface area contributed by atoms with Crippen LogP contribution in [0.5, 0.6) is 0 Å². The first kappa shape index (κ1) is 25.2. The molecule has 33 heavy (non-hydrogen) atoms. The molecule has 176 valence electrons. The van der Waals surface area contributed by atoms with Gasteiger partial charge in [0.1, 0.15) is 0 Å². The number of hydrogen-bond donors (Lipinski definition) is 1. The number of sulfonamides is 1. The first-order valence-corrected chi connectivity index (χ1v) is 13.3. The summed E-state index contributed by atoms with van der Waals surface area (Å²) in [7, 11) is -3.54. The van der Waals surface area contributed by atoms with Gasteiger partial charge in [0.25, 0.3) is 0 Å². The van der Waals surface area contributed by atoms with Crippen LogP contribution in [0.15, 0.2) is 52.4 Å². The minimum absolute atomic E-state index is 0.0890. The Bertz CT molecular complexity index is 1290. The van der Waals surface area contributed by atoms with E-state index in [1.807, 2.05) is 65.8 Å². The molecule has 0 unspecified atom stereocenters. The van der Waals surface area contributed by atoms with E-state index >= 15 is 0 Å². The van der Waals surface area contributed by atoms with Crippen LogP contribution in [0.2, 0.25) is 0 Å². The molecule has 0 bridgehead atoms. The highest BCUT2D eigenvalue weighted by molar-refractivity contribution is 8.00. The second-order valence-electron chi connectivity index (χ2n) is 8.11. The summed E-state index contributed by atoms with van der Waals surface area (Å²) < 4.78 is 27.2. The molecule has 0 aliphatic rings. The van der Waals surface area contributed by atoms with Crippen molar-refractivity contribution in [2.75, 3.05) is 18.4 Å². The number of fused-ring (bicyclic) bond motifs is 1. The predicted molar refractivity (Wildman–Crippen MR) is 136 cm³/mol. The molecule has 2 aromatic carbocycles. The van der Waals surface area contributed by atoms with E-state index in [1.54, 1.807) is 18.2 Å². The largest absolute Gasteiger partial charge is 0.325 e. The highest BCUT2D eigenvalue weighted by Gasteiger charge is 2.23. The molecule has 1 heterocycles. The lowest BCUT2D eigenvalue weighted by Crippen LogP contribution is -2.30. The number of thioether (sulfide) groups is 1. The minimum atomic E-state index is -3.54. The first-order chi connectivity index (χ1) is 15.6. The van der Waals surface area contributed by atoms with Gasteiger partial charge in [-0.2, -0.15) is 4.31 Å². The fourth-order valence-electron chi connectivity index (χ4n) is 3.62. The molecular formula is C25H31N3O3S2. The third-order valence-electron chi connectivity index (χ3n) is 5.62. The molecule has 0 aliphatic heterocycles. The number of rotatable bonds is 8. The number of aryl methyl sites for hydroxylation is 3. The van der Waals surface area contributed by atoms with Crippen LogP contribution in [0.4, 0.5) is 5.69 Å². The van der Waals surface area contributed by atoms with Gasteiger partial charge in [0, 0.05) is 24.2 Å². The van der Waals surface area contributed by atoms with E-state index in [2.05, 4.69) is 10.3 Å². The molecule has 1 atom stereocenters. The van der Waals surface area contributed by atoms with Gasteiger partial charge in [-0.1, -0.05) is 37.7 Å². The van der Waals surface area contributed by atoms with E-state index in [0.717, 1.165) is 32.8 Å². The van der Waals surface area contributed by atoms with Gasteiger partial charge in [0.15, 0.2) is 0 Å². The SMILES string of the molecule is CCN(CC)S(=O)(=O)c1ccc2nc(S[C@H](C)C(=O)Nc3cc(C)ccc3C)cc(C)c2c1. The molecule has 3 aromatic rings. The molecule has 1 amide bonds. The van der Waals surface area contributed by atoms with Crippen molar-refractivity contribution in [1.29, 1.82) is 0 Å². The van der Waals surface area contributed by atoms with Gasteiger partial charge in [-0.05, 0) is 74.7 Å². The summed E-state index contributed by atoms with van der Waals surface area (Å²) in [6, 6.07) is 12.9. The Kier molecular flexibility index (Phi) is 7.82. The average Bonchev–Trinajstić information content (AvgIpc) is 2.76. The number of anilines is 1. The van der Waals surface area contributed by atoms with Crippen molar-refractivity contribution in [3.05, 3.63) is 59.2 Å². The minimum Gasteiger partial charge on any atom is -0.325 e. The fraction of sp³-hybridized carbons (Fsp3) is 0.360. The number of amides is 1. The Morgan fingerprint density at radius 3 is 2.39 bits per heavy atom. The number of nitrogens with zero attached hydrogens (tertiary/aromatic N) is 2. The first-order valence-electron chi connectivity index (χ1n) is 11.0. The molecular weight excluding hydrogens is 454 g/mol. The Labute approximate surface area is 200 Å². The third-order valence-corrected chi connectivity index (χ3v) is 8.69. The molecule has 0 saturated carbocycles.